The van der Waals surface area contributed by atoms with Crippen molar-refractivity contribution in [2.75, 3.05) is 0 Å². The van der Waals surface area contributed by atoms with Crippen molar-refractivity contribution >= 4 is 0 Å². The molecule has 0 aromatic heterocycles. The van der Waals surface area contributed by atoms with E-state index in [-0.39, 0.29) is 0 Å². The highest BCUT2D eigenvalue weighted by Gasteiger charge is 1.84. The highest BCUT2D eigenvalue weighted by Crippen LogP contribution is 2.04. The Bertz CT molecular complexity index is 151. The third-order valence-corrected chi connectivity index (χ3v) is 1.92. The molecule has 0 spiro atoms. The van der Waals surface area contributed by atoms with Gasteiger partial charge in [-0.25, -0.2) is 0 Å². The average molecular weight is 177 g/mol. The number of hydrogen-bond acceptors (Lipinski definition) is 0. The van der Waals surface area contributed by atoms with Gasteiger partial charge in [0.15, 0.2) is 0 Å². The lowest BCUT2D eigenvalue weighted by Crippen LogP contribution is -1.74. The van der Waals surface area contributed by atoms with Gasteiger partial charge in [0.2, 0.25) is 0 Å². The first-order valence-corrected chi connectivity index (χ1v) is 5.21. The van der Waals surface area contributed by atoms with Gasteiger partial charge in [-0.15, -0.1) is 0 Å². The molecule has 0 nitrogen and oxygen atoms in total. The summed E-state index contributed by atoms with van der Waals surface area (Å²) in [5.74, 6) is 0. The maximum Gasteiger partial charge on any atom is -0.0169 e. The topological polar surface area (TPSA) is 0 Å². The molecule has 1 radical (unpaired) electrons. The molecule has 0 heteroatoms. The van der Waals surface area contributed by atoms with E-state index in [1.54, 1.807) is 6.08 Å². The maximum atomic E-state index is 5.28. The molecule has 0 atom stereocenters. The molecule has 0 aliphatic rings. The van der Waals surface area contributed by atoms with Crippen molar-refractivity contribution in [3.05, 3.63) is 37.0 Å². The first kappa shape index (κ1) is 12.2. The second-order valence-corrected chi connectivity index (χ2v) is 3.15. The summed E-state index contributed by atoms with van der Waals surface area (Å²) < 4.78 is 0. The van der Waals surface area contributed by atoms with Crippen LogP contribution in [0.15, 0.2) is 30.4 Å². The molecule has 0 heterocycles. The van der Waals surface area contributed by atoms with Crippen molar-refractivity contribution in [2.24, 2.45) is 0 Å². The Balaban J connectivity index is 3.06. The molecule has 0 aliphatic carbocycles. The van der Waals surface area contributed by atoms with Gasteiger partial charge in [0.05, 0.1) is 0 Å². The van der Waals surface area contributed by atoms with Gasteiger partial charge < -0.3 is 0 Å². The zero-order chi connectivity index (χ0) is 9.78. The van der Waals surface area contributed by atoms with E-state index in [9.17, 15) is 0 Å². The predicted molar refractivity (Wildman–Crippen MR) is 60.5 cm³/mol. The number of hydrogen-bond donors (Lipinski definition) is 0. The van der Waals surface area contributed by atoms with Crippen LogP contribution < -0.4 is 0 Å². The molecule has 0 rings (SSSR count). The van der Waals surface area contributed by atoms with Gasteiger partial charge >= 0.3 is 0 Å². The van der Waals surface area contributed by atoms with Crippen LogP contribution in [-0.4, -0.2) is 0 Å². The van der Waals surface area contributed by atoms with E-state index in [0.29, 0.717) is 0 Å². The summed E-state index contributed by atoms with van der Waals surface area (Å²) in [4.78, 5) is 0. The summed E-state index contributed by atoms with van der Waals surface area (Å²) in [6.45, 7) is 7.33. The molecule has 0 N–H and O–H groups in total. The van der Waals surface area contributed by atoms with E-state index >= 15 is 0 Å². The Labute approximate surface area is 83.0 Å². The van der Waals surface area contributed by atoms with E-state index in [4.69, 9.17) is 6.58 Å². The number of allylic oxidation sites excluding steroid dienone is 5. The van der Waals surface area contributed by atoms with Crippen LogP contribution in [0.5, 0.6) is 0 Å². The standard InChI is InChI=1S/C13H21/c1-3-5-7-9-11-13-12-10-8-6-4-2/h1,3-4,6,10,12H,5,7-9,11,13H2,2H3. The minimum Gasteiger partial charge on any atom is -0.0914 e. The Kier molecular flexibility index (Phi) is 10.5. The fraction of sp³-hybridized carbons (Fsp3) is 0.538. The molecular formula is C13H21. The van der Waals surface area contributed by atoms with Crippen LogP contribution in [0.1, 0.15) is 45.4 Å². The van der Waals surface area contributed by atoms with E-state index in [1.807, 2.05) is 0 Å². The quantitative estimate of drug-likeness (QED) is 0.379. The smallest absolute Gasteiger partial charge is 0.0169 e. The van der Waals surface area contributed by atoms with Crippen LogP contribution in [0.3, 0.4) is 0 Å². The van der Waals surface area contributed by atoms with Crippen LogP contribution in [-0.2, 0) is 0 Å². The fourth-order valence-corrected chi connectivity index (χ4v) is 1.13. The second-order valence-electron chi connectivity index (χ2n) is 3.15. The van der Waals surface area contributed by atoms with E-state index < -0.39 is 0 Å². The zero-order valence-corrected chi connectivity index (χ0v) is 8.71. The third kappa shape index (κ3) is 11.2. The molecule has 0 aromatic rings. The van der Waals surface area contributed by atoms with Gasteiger partial charge in [-0.3, -0.25) is 0 Å². The Morgan fingerprint density at radius 1 is 0.923 bits per heavy atom. The van der Waals surface area contributed by atoms with Gasteiger partial charge in [0, 0.05) is 0 Å². The zero-order valence-electron chi connectivity index (χ0n) is 8.71. The minimum atomic E-state index is 1.06. The third-order valence-electron chi connectivity index (χ3n) is 1.92. The second kappa shape index (κ2) is 11.2. The SMILES string of the molecule is [CH]=CCCCCCC=CCC=CC. The molecule has 13 heavy (non-hydrogen) atoms. The molecule has 73 valence electrons. The van der Waals surface area contributed by atoms with Crippen LogP contribution in [0.4, 0.5) is 0 Å². The molecular weight excluding hydrogens is 156 g/mol. The molecule has 0 saturated carbocycles. The van der Waals surface area contributed by atoms with Gasteiger partial charge in [-0.2, -0.15) is 0 Å². The molecule has 0 saturated heterocycles. The molecule has 0 fully saturated rings. The van der Waals surface area contributed by atoms with Crippen molar-refractivity contribution in [3.63, 3.8) is 0 Å². The summed E-state index contributed by atoms with van der Waals surface area (Å²) in [6, 6.07) is 0. The first-order chi connectivity index (χ1) is 6.41. The summed E-state index contributed by atoms with van der Waals surface area (Å²) in [6.07, 6.45) is 17.7. The first-order valence-electron chi connectivity index (χ1n) is 5.21. The van der Waals surface area contributed by atoms with Gasteiger partial charge in [0.1, 0.15) is 0 Å². The highest BCUT2D eigenvalue weighted by atomic mass is 13.9. The Hall–Kier alpha value is -0.780. The minimum absolute atomic E-state index is 1.06. The van der Waals surface area contributed by atoms with Crippen molar-refractivity contribution in [3.8, 4) is 0 Å². The van der Waals surface area contributed by atoms with Crippen molar-refractivity contribution < 1.29 is 0 Å². The van der Waals surface area contributed by atoms with Crippen LogP contribution in [0.2, 0.25) is 0 Å². The summed E-state index contributed by atoms with van der Waals surface area (Å²) in [5.41, 5.74) is 0. The lowest BCUT2D eigenvalue weighted by molar-refractivity contribution is 0.696. The Morgan fingerprint density at radius 2 is 1.69 bits per heavy atom. The molecule has 0 amide bonds. The largest absolute Gasteiger partial charge is 0.0914 e. The van der Waals surface area contributed by atoms with E-state index in [0.717, 1.165) is 12.8 Å². The molecule has 0 bridgehead atoms. The van der Waals surface area contributed by atoms with E-state index in [2.05, 4.69) is 31.2 Å². The fourth-order valence-electron chi connectivity index (χ4n) is 1.13. The number of rotatable bonds is 8. The van der Waals surface area contributed by atoms with Gasteiger partial charge in [-0.1, -0.05) is 43.4 Å². The van der Waals surface area contributed by atoms with Crippen LogP contribution in [0, 0.1) is 6.58 Å². The van der Waals surface area contributed by atoms with Crippen LogP contribution >= 0.6 is 0 Å². The van der Waals surface area contributed by atoms with Crippen molar-refractivity contribution in [1.82, 2.24) is 0 Å². The van der Waals surface area contributed by atoms with Crippen molar-refractivity contribution in [2.45, 2.75) is 45.4 Å². The maximum absolute atomic E-state index is 5.28. The number of unbranched alkanes of at least 4 members (excludes halogenated alkanes) is 4. The summed E-state index contributed by atoms with van der Waals surface area (Å²) in [5, 5.41) is 0. The lowest BCUT2D eigenvalue weighted by atomic mass is 10.1. The van der Waals surface area contributed by atoms with E-state index in [1.165, 1.54) is 25.7 Å². The molecule has 0 unspecified atom stereocenters. The summed E-state index contributed by atoms with van der Waals surface area (Å²) in [7, 11) is 0. The predicted octanol–water partition coefficient (Wildman–Crippen LogP) is 4.45. The molecule has 0 aliphatic heterocycles. The lowest BCUT2D eigenvalue weighted by Gasteiger charge is -1.93. The van der Waals surface area contributed by atoms with Crippen LogP contribution in [0.25, 0.3) is 0 Å². The van der Waals surface area contributed by atoms with Crippen molar-refractivity contribution in [1.29, 1.82) is 0 Å². The Morgan fingerprint density at radius 3 is 2.38 bits per heavy atom. The van der Waals surface area contributed by atoms with Gasteiger partial charge in [-0.05, 0) is 39.0 Å². The monoisotopic (exact) mass is 177 g/mol. The normalized spacial score (nSPS) is 11.5. The summed E-state index contributed by atoms with van der Waals surface area (Å²) >= 11 is 0. The highest BCUT2D eigenvalue weighted by molar-refractivity contribution is 4.91. The average Bonchev–Trinajstić information content (AvgIpc) is 2.16. The van der Waals surface area contributed by atoms with Gasteiger partial charge in [0.25, 0.3) is 0 Å². The molecule has 0 aromatic carbocycles.